The second kappa shape index (κ2) is 6.22. The van der Waals surface area contributed by atoms with Crippen LogP contribution < -0.4 is 11.1 Å². The molecule has 1 aromatic rings. The normalized spacial score (nSPS) is 17.3. The first-order valence-corrected chi connectivity index (χ1v) is 6.56. The van der Waals surface area contributed by atoms with Crippen molar-refractivity contribution in [3.8, 4) is 0 Å². The highest BCUT2D eigenvalue weighted by Crippen LogP contribution is 2.13. The summed E-state index contributed by atoms with van der Waals surface area (Å²) in [5.41, 5.74) is 6.88. The molecular weight excluding hydrogens is 240 g/mol. The molecule has 0 spiro atoms. The number of rotatable bonds is 2. The SMILES string of the molecule is CC(=O)NC1CCN(C(N)=Nc2ccccc2)CC1. The zero-order valence-electron chi connectivity index (χ0n) is 11.2. The number of piperidine rings is 1. The van der Waals surface area contributed by atoms with E-state index in [-0.39, 0.29) is 11.9 Å². The minimum absolute atomic E-state index is 0.0318. The highest BCUT2D eigenvalue weighted by molar-refractivity contribution is 5.81. The number of nitrogens with two attached hydrogens (primary N) is 1. The number of benzene rings is 1. The summed E-state index contributed by atoms with van der Waals surface area (Å²) in [4.78, 5) is 17.5. The van der Waals surface area contributed by atoms with Crippen molar-refractivity contribution in [2.24, 2.45) is 10.7 Å². The number of carbonyl (C=O) groups is 1. The smallest absolute Gasteiger partial charge is 0.217 e. The Labute approximate surface area is 113 Å². The lowest BCUT2D eigenvalue weighted by atomic mass is 10.1. The first kappa shape index (κ1) is 13.4. The van der Waals surface area contributed by atoms with Gasteiger partial charge in [-0.25, -0.2) is 4.99 Å². The molecule has 2 rings (SSSR count). The maximum Gasteiger partial charge on any atom is 0.217 e. The van der Waals surface area contributed by atoms with Crippen molar-refractivity contribution >= 4 is 17.6 Å². The fourth-order valence-electron chi connectivity index (χ4n) is 2.25. The fourth-order valence-corrected chi connectivity index (χ4v) is 2.25. The number of nitrogens with zero attached hydrogens (tertiary/aromatic N) is 2. The summed E-state index contributed by atoms with van der Waals surface area (Å²) in [6, 6.07) is 9.95. The van der Waals surface area contributed by atoms with Gasteiger partial charge in [-0.05, 0) is 25.0 Å². The molecule has 5 heteroatoms. The van der Waals surface area contributed by atoms with E-state index in [2.05, 4.69) is 15.2 Å². The minimum Gasteiger partial charge on any atom is -0.369 e. The van der Waals surface area contributed by atoms with Crippen LogP contribution in [0.15, 0.2) is 35.3 Å². The van der Waals surface area contributed by atoms with E-state index in [0.717, 1.165) is 31.6 Å². The molecule has 19 heavy (non-hydrogen) atoms. The molecular formula is C14H20N4O. The van der Waals surface area contributed by atoms with E-state index in [1.165, 1.54) is 0 Å². The van der Waals surface area contributed by atoms with E-state index >= 15 is 0 Å². The molecule has 0 aromatic heterocycles. The van der Waals surface area contributed by atoms with Crippen LogP contribution in [-0.2, 0) is 4.79 Å². The zero-order chi connectivity index (χ0) is 13.7. The lowest BCUT2D eigenvalue weighted by Gasteiger charge is -2.32. The molecule has 102 valence electrons. The second-order valence-corrected chi connectivity index (χ2v) is 4.77. The Morgan fingerprint density at radius 1 is 1.32 bits per heavy atom. The molecule has 0 saturated carbocycles. The van der Waals surface area contributed by atoms with Gasteiger partial charge in [0.2, 0.25) is 5.91 Å². The Bertz CT molecular complexity index is 450. The van der Waals surface area contributed by atoms with Crippen molar-refractivity contribution in [2.75, 3.05) is 13.1 Å². The Balaban J connectivity index is 1.90. The van der Waals surface area contributed by atoms with E-state index in [1.54, 1.807) is 6.92 Å². The van der Waals surface area contributed by atoms with Gasteiger partial charge in [-0.1, -0.05) is 18.2 Å². The van der Waals surface area contributed by atoms with E-state index < -0.39 is 0 Å². The third-order valence-electron chi connectivity index (χ3n) is 3.23. The standard InChI is InChI=1S/C14H20N4O/c1-11(19)16-13-7-9-18(10-8-13)14(15)17-12-5-3-2-4-6-12/h2-6,13H,7-10H2,1H3,(H2,15,17)(H,16,19). The number of aliphatic imine (C=N–C) groups is 1. The lowest BCUT2D eigenvalue weighted by Crippen LogP contribution is -2.48. The molecule has 1 saturated heterocycles. The predicted octanol–water partition coefficient (Wildman–Crippen LogP) is 1.23. The van der Waals surface area contributed by atoms with Crippen LogP contribution in [-0.4, -0.2) is 35.9 Å². The molecule has 1 amide bonds. The van der Waals surface area contributed by atoms with Crippen LogP contribution >= 0.6 is 0 Å². The molecule has 0 atom stereocenters. The molecule has 0 bridgehead atoms. The van der Waals surface area contributed by atoms with Crippen LogP contribution in [0.25, 0.3) is 0 Å². The van der Waals surface area contributed by atoms with Crippen LogP contribution in [0.1, 0.15) is 19.8 Å². The largest absolute Gasteiger partial charge is 0.369 e. The monoisotopic (exact) mass is 260 g/mol. The van der Waals surface area contributed by atoms with Crippen LogP contribution in [0.3, 0.4) is 0 Å². The van der Waals surface area contributed by atoms with Crippen molar-refractivity contribution in [3.05, 3.63) is 30.3 Å². The van der Waals surface area contributed by atoms with Gasteiger partial charge in [-0.3, -0.25) is 4.79 Å². The topological polar surface area (TPSA) is 70.7 Å². The number of guanidine groups is 1. The van der Waals surface area contributed by atoms with Crippen LogP contribution in [0.2, 0.25) is 0 Å². The van der Waals surface area contributed by atoms with Gasteiger partial charge in [0.05, 0.1) is 5.69 Å². The Hall–Kier alpha value is -2.04. The molecule has 1 fully saturated rings. The molecule has 1 aromatic carbocycles. The number of likely N-dealkylation sites (tertiary alicyclic amines) is 1. The third kappa shape index (κ3) is 3.98. The highest BCUT2D eigenvalue weighted by Gasteiger charge is 2.20. The average molecular weight is 260 g/mol. The number of carbonyl (C=O) groups excluding carboxylic acids is 1. The quantitative estimate of drug-likeness (QED) is 0.620. The molecule has 1 aliphatic rings. The van der Waals surface area contributed by atoms with Gasteiger partial charge in [0.1, 0.15) is 0 Å². The first-order valence-electron chi connectivity index (χ1n) is 6.56. The van der Waals surface area contributed by atoms with Gasteiger partial charge in [-0.15, -0.1) is 0 Å². The van der Waals surface area contributed by atoms with Gasteiger partial charge in [0.15, 0.2) is 5.96 Å². The first-order chi connectivity index (χ1) is 9.15. The number of hydrogen-bond acceptors (Lipinski definition) is 2. The summed E-state index contributed by atoms with van der Waals surface area (Å²) in [7, 11) is 0. The van der Waals surface area contributed by atoms with Gasteiger partial charge < -0.3 is 16.0 Å². The van der Waals surface area contributed by atoms with Crippen LogP contribution in [0.5, 0.6) is 0 Å². The third-order valence-corrected chi connectivity index (χ3v) is 3.23. The second-order valence-electron chi connectivity index (χ2n) is 4.77. The van der Waals surface area contributed by atoms with E-state index in [1.807, 2.05) is 30.3 Å². The van der Waals surface area contributed by atoms with Crippen molar-refractivity contribution < 1.29 is 4.79 Å². The Morgan fingerprint density at radius 2 is 1.95 bits per heavy atom. The maximum atomic E-state index is 11.0. The number of para-hydroxylation sites is 1. The van der Waals surface area contributed by atoms with Crippen LogP contribution in [0, 0.1) is 0 Å². The number of hydrogen-bond donors (Lipinski definition) is 2. The number of amides is 1. The molecule has 3 N–H and O–H groups in total. The Morgan fingerprint density at radius 3 is 2.53 bits per heavy atom. The lowest BCUT2D eigenvalue weighted by molar-refractivity contribution is -0.119. The summed E-state index contributed by atoms with van der Waals surface area (Å²) >= 11 is 0. The molecule has 1 aliphatic heterocycles. The summed E-state index contributed by atoms with van der Waals surface area (Å²) in [6.07, 6.45) is 1.81. The van der Waals surface area contributed by atoms with Gasteiger partial charge in [0.25, 0.3) is 0 Å². The zero-order valence-corrected chi connectivity index (χ0v) is 11.2. The van der Waals surface area contributed by atoms with Crippen LogP contribution in [0.4, 0.5) is 5.69 Å². The molecule has 0 radical (unpaired) electrons. The summed E-state index contributed by atoms with van der Waals surface area (Å²) < 4.78 is 0. The van der Waals surface area contributed by atoms with E-state index in [4.69, 9.17) is 5.73 Å². The predicted molar refractivity (Wildman–Crippen MR) is 76.1 cm³/mol. The Kier molecular flexibility index (Phi) is 4.39. The summed E-state index contributed by atoms with van der Waals surface area (Å²) in [6.45, 7) is 3.21. The summed E-state index contributed by atoms with van der Waals surface area (Å²) in [5, 5.41) is 2.94. The number of nitrogens with one attached hydrogen (secondary N) is 1. The van der Waals surface area contributed by atoms with Crippen molar-refractivity contribution in [3.63, 3.8) is 0 Å². The highest BCUT2D eigenvalue weighted by atomic mass is 16.1. The van der Waals surface area contributed by atoms with Gasteiger partial charge in [0, 0.05) is 26.1 Å². The van der Waals surface area contributed by atoms with Gasteiger partial charge >= 0.3 is 0 Å². The van der Waals surface area contributed by atoms with E-state index in [0.29, 0.717) is 5.96 Å². The van der Waals surface area contributed by atoms with E-state index in [9.17, 15) is 4.79 Å². The molecule has 0 aliphatic carbocycles. The molecule has 5 nitrogen and oxygen atoms in total. The molecule has 0 unspecified atom stereocenters. The maximum absolute atomic E-state index is 11.0. The minimum atomic E-state index is 0.0318. The summed E-state index contributed by atoms with van der Waals surface area (Å²) in [5.74, 6) is 0.580. The van der Waals surface area contributed by atoms with Crippen molar-refractivity contribution in [2.45, 2.75) is 25.8 Å². The van der Waals surface area contributed by atoms with Crippen molar-refractivity contribution in [1.29, 1.82) is 0 Å². The van der Waals surface area contributed by atoms with Crippen molar-refractivity contribution in [1.82, 2.24) is 10.2 Å². The fraction of sp³-hybridized carbons (Fsp3) is 0.429. The average Bonchev–Trinajstić information content (AvgIpc) is 2.40. The molecule has 1 heterocycles. The van der Waals surface area contributed by atoms with Gasteiger partial charge in [-0.2, -0.15) is 0 Å².